The molecule has 0 heterocycles. The highest BCUT2D eigenvalue weighted by atomic mass is 19.1. The molecule has 17 heavy (non-hydrogen) atoms. The van der Waals surface area contributed by atoms with Gasteiger partial charge in [0.1, 0.15) is 5.82 Å². The number of benzene rings is 1. The van der Waals surface area contributed by atoms with Gasteiger partial charge >= 0.3 is 0 Å². The van der Waals surface area contributed by atoms with Crippen LogP contribution in [0.25, 0.3) is 0 Å². The average Bonchev–Trinajstić information content (AvgIpc) is 2.31. The van der Waals surface area contributed by atoms with Crippen LogP contribution in [0.4, 0.5) is 4.39 Å². The van der Waals surface area contributed by atoms with E-state index in [0.717, 1.165) is 24.1 Å². The number of ether oxygens (including phenoxy) is 1. The van der Waals surface area contributed by atoms with Crippen molar-refractivity contribution in [3.63, 3.8) is 0 Å². The maximum Gasteiger partial charge on any atom is 0.123 e. The fourth-order valence-electron chi connectivity index (χ4n) is 1.95. The molecule has 0 spiro atoms. The molecule has 0 fully saturated rings. The number of hydrogen-bond acceptors (Lipinski definition) is 2. The second-order valence-corrected chi connectivity index (χ2v) is 4.37. The molecule has 1 N–H and O–H groups in total. The first-order valence-corrected chi connectivity index (χ1v) is 6.12. The third-order valence-corrected chi connectivity index (χ3v) is 3.02. The van der Waals surface area contributed by atoms with E-state index in [1.807, 2.05) is 19.9 Å². The van der Waals surface area contributed by atoms with E-state index in [-0.39, 0.29) is 18.0 Å². The van der Waals surface area contributed by atoms with Crippen molar-refractivity contribution < 1.29 is 9.13 Å². The molecule has 0 saturated heterocycles. The summed E-state index contributed by atoms with van der Waals surface area (Å²) in [4.78, 5) is 0. The number of halogens is 1. The smallest absolute Gasteiger partial charge is 0.123 e. The molecule has 1 rings (SSSR count). The Kier molecular flexibility index (Phi) is 5.59. The number of nitrogens with one attached hydrogen (secondary N) is 1. The van der Waals surface area contributed by atoms with Crippen molar-refractivity contribution in [3.05, 3.63) is 35.1 Å². The van der Waals surface area contributed by atoms with Gasteiger partial charge in [0.15, 0.2) is 0 Å². The summed E-state index contributed by atoms with van der Waals surface area (Å²) >= 11 is 0. The topological polar surface area (TPSA) is 21.3 Å². The molecule has 0 aliphatic carbocycles. The van der Waals surface area contributed by atoms with Crippen molar-refractivity contribution in [1.29, 1.82) is 0 Å². The summed E-state index contributed by atoms with van der Waals surface area (Å²) in [5, 5.41) is 3.45. The summed E-state index contributed by atoms with van der Waals surface area (Å²) in [6.07, 6.45) is 1.12. The maximum atomic E-state index is 13.1. The van der Waals surface area contributed by atoms with E-state index < -0.39 is 0 Å². The highest BCUT2D eigenvalue weighted by Gasteiger charge is 2.20. The molecule has 0 aliphatic rings. The summed E-state index contributed by atoms with van der Waals surface area (Å²) in [5.41, 5.74) is 2.07. The van der Waals surface area contributed by atoms with Crippen molar-refractivity contribution in [3.8, 4) is 0 Å². The first-order valence-electron chi connectivity index (χ1n) is 6.12. The molecule has 0 aromatic heterocycles. The van der Waals surface area contributed by atoms with Crippen LogP contribution in [0.1, 0.15) is 37.4 Å². The normalized spacial score (nSPS) is 14.6. The van der Waals surface area contributed by atoms with Crippen molar-refractivity contribution >= 4 is 0 Å². The highest BCUT2D eigenvalue weighted by Crippen LogP contribution is 2.23. The third-order valence-electron chi connectivity index (χ3n) is 3.02. The first kappa shape index (κ1) is 14.1. The summed E-state index contributed by atoms with van der Waals surface area (Å²) in [5.74, 6) is -0.189. The van der Waals surface area contributed by atoms with Crippen LogP contribution in [0.2, 0.25) is 0 Å². The van der Waals surface area contributed by atoms with Crippen LogP contribution in [0.3, 0.4) is 0 Å². The standard InChI is InChI=1S/C14H22FNO/c1-5-8-16-14(11(3)17-4)13-7-6-12(15)9-10(13)2/h6-7,9,11,14,16H,5,8H2,1-4H3. The zero-order valence-corrected chi connectivity index (χ0v) is 11.1. The molecule has 2 unspecified atom stereocenters. The van der Waals surface area contributed by atoms with Gasteiger partial charge in [-0.25, -0.2) is 4.39 Å². The molecule has 1 aromatic rings. The predicted octanol–water partition coefficient (Wildman–Crippen LogP) is 3.21. The molecular weight excluding hydrogens is 217 g/mol. The Morgan fingerprint density at radius 1 is 1.41 bits per heavy atom. The van der Waals surface area contributed by atoms with Gasteiger partial charge in [-0.1, -0.05) is 13.0 Å². The molecule has 1 aromatic carbocycles. The van der Waals surface area contributed by atoms with Crippen molar-refractivity contribution in [2.75, 3.05) is 13.7 Å². The lowest BCUT2D eigenvalue weighted by molar-refractivity contribution is 0.0828. The third kappa shape index (κ3) is 3.79. The second kappa shape index (κ2) is 6.72. The van der Waals surface area contributed by atoms with Gasteiger partial charge in [-0.2, -0.15) is 0 Å². The largest absolute Gasteiger partial charge is 0.380 e. The molecule has 2 atom stereocenters. The molecule has 0 radical (unpaired) electrons. The van der Waals surface area contributed by atoms with Gasteiger partial charge in [0.25, 0.3) is 0 Å². The monoisotopic (exact) mass is 239 g/mol. The van der Waals surface area contributed by atoms with Crippen molar-refractivity contribution in [2.24, 2.45) is 0 Å². The Morgan fingerprint density at radius 2 is 2.12 bits per heavy atom. The zero-order chi connectivity index (χ0) is 12.8. The van der Waals surface area contributed by atoms with Crippen LogP contribution in [0.5, 0.6) is 0 Å². The van der Waals surface area contributed by atoms with E-state index in [4.69, 9.17) is 4.74 Å². The van der Waals surface area contributed by atoms with Gasteiger partial charge in [-0.15, -0.1) is 0 Å². The Morgan fingerprint density at radius 3 is 2.65 bits per heavy atom. The molecule has 0 saturated carbocycles. The van der Waals surface area contributed by atoms with Crippen LogP contribution in [-0.4, -0.2) is 19.8 Å². The Labute approximate surface area is 103 Å². The summed E-state index contributed by atoms with van der Waals surface area (Å²) < 4.78 is 18.5. The van der Waals surface area contributed by atoms with Crippen LogP contribution >= 0.6 is 0 Å². The number of aryl methyl sites for hydroxylation is 1. The lowest BCUT2D eigenvalue weighted by Crippen LogP contribution is -2.32. The van der Waals surface area contributed by atoms with Crippen LogP contribution in [0, 0.1) is 12.7 Å². The van der Waals surface area contributed by atoms with Crippen LogP contribution in [0.15, 0.2) is 18.2 Å². The lowest BCUT2D eigenvalue weighted by atomic mass is 9.97. The summed E-state index contributed by atoms with van der Waals surface area (Å²) in [6, 6.07) is 5.03. The Bertz CT molecular complexity index is 354. The minimum absolute atomic E-state index is 0.0608. The van der Waals surface area contributed by atoms with Gasteiger partial charge in [0.05, 0.1) is 12.1 Å². The van der Waals surface area contributed by atoms with E-state index in [9.17, 15) is 4.39 Å². The van der Waals surface area contributed by atoms with Crippen LogP contribution in [-0.2, 0) is 4.74 Å². The zero-order valence-electron chi connectivity index (χ0n) is 11.1. The highest BCUT2D eigenvalue weighted by molar-refractivity contribution is 5.30. The molecular formula is C14H22FNO. The van der Waals surface area contributed by atoms with E-state index in [0.29, 0.717) is 0 Å². The van der Waals surface area contributed by atoms with E-state index in [1.165, 1.54) is 6.07 Å². The quantitative estimate of drug-likeness (QED) is 0.823. The number of rotatable bonds is 6. The fourth-order valence-corrected chi connectivity index (χ4v) is 1.95. The number of methoxy groups -OCH3 is 1. The van der Waals surface area contributed by atoms with Crippen molar-refractivity contribution in [2.45, 2.75) is 39.3 Å². The fraction of sp³-hybridized carbons (Fsp3) is 0.571. The van der Waals surface area contributed by atoms with Gasteiger partial charge in [0.2, 0.25) is 0 Å². The van der Waals surface area contributed by atoms with Crippen molar-refractivity contribution in [1.82, 2.24) is 5.32 Å². The molecule has 3 heteroatoms. The SMILES string of the molecule is CCCNC(c1ccc(F)cc1C)C(C)OC. The molecule has 0 bridgehead atoms. The van der Waals surface area contributed by atoms with Gasteiger partial charge < -0.3 is 10.1 Å². The second-order valence-electron chi connectivity index (χ2n) is 4.37. The molecule has 96 valence electrons. The minimum Gasteiger partial charge on any atom is -0.380 e. The average molecular weight is 239 g/mol. The van der Waals surface area contributed by atoms with Gasteiger partial charge in [-0.3, -0.25) is 0 Å². The van der Waals surface area contributed by atoms with Crippen LogP contribution < -0.4 is 5.32 Å². The van der Waals surface area contributed by atoms with E-state index in [2.05, 4.69) is 12.2 Å². The maximum absolute atomic E-state index is 13.1. The van der Waals surface area contributed by atoms with Gasteiger partial charge in [-0.05, 0) is 50.1 Å². The number of hydrogen-bond donors (Lipinski definition) is 1. The van der Waals surface area contributed by atoms with Gasteiger partial charge in [0, 0.05) is 7.11 Å². The van der Waals surface area contributed by atoms with E-state index in [1.54, 1.807) is 13.2 Å². The minimum atomic E-state index is -0.189. The molecule has 2 nitrogen and oxygen atoms in total. The van der Waals surface area contributed by atoms with E-state index >= 15 is 0 Å². The summed E-state index contributed by atoms with van der Waals surface area (Å²) in [6.45, 7) is 7.01. The predicted molar refractivity (Wildman–Crippen MR) is 68.6 cm³/mol. The Hall–Kier alpha value is -0.930. The summed E-state index contributed by atoms with van der Waals surface area (Å²) in [7, 11) is 1.70. The first-order chi connectivity index (χ1) is 8.10. The lowest BCUT2D eigenvalue weighted by Gasteiger charge is -2.26. The molecule has 0 aliphatic heterocycles. The Balaban J connectivity index is 2.95. The molecule has 0 amide bonds.